The van der Waals surface area contributed by atoms with Gasteiger partial charge >= 0.3 is 0 Å². The number of benzene rings is 2. The first-order valence-corrected chi connectivity index (χ1v) is 9.99. The fourth-order valence-electron chi connectivity index (χ4n) is 3.36. The molecular weight excluding hydrogens is 394 g/mol. The van der Waals surface area contributed by atoms with Gasteiger partial charge in [0.15, 0.2) is 17.8 Å². The van der Waals surface area contributed by atoms with Gasteiger partial charge in [-0.2, -0.15) is 0 Å². The Balaban J connectivity index is 1.56. The highest BCUT2D eigenvalue weighted by atomic mass is 16.7. The van der Waals surface area contributed by atoms with E-state index in [0.717, 1.165) is 11.1 Å². The number of nitrogens with zero attached hydrogens (tertiary/aromatic N) is 4. The largest absolute Gasteiger partial charge is 0.382 e. The van der Waals surface area contributed by atoms with Crippen molar-refractivity contribution in [1.29, 1.82) is 0 Å². The van der Waals surface area contributed by atoms with E-state index in [-0.39, 0.29) is 6.04 Å². The minimum absolute atomic E-state index is 0.326. The Kier molecular flexibility index (Phi) is 6.83. The third-order valence-electron chi connectivity index (χ3n) is 4.95. The summed E-state index contributed by atoms with van der Waals surface area (Å²) in [6.07, 6.45) is 2.50. The van der Waals surface area contributed by atoms with Gasteiger partial charge in [-0.25, -0.2) is 15.0 Å². The summed E-state index contributed by atoms with van der Waals surface area (Å²) < 4.78 is 19.7. The standard InChI is InChI=1S/C23H25N5O3/c1-29-23(31-13-18-10-6-3-7-11-18)19(14-30-12-17-8-4-2-5-9-17)28-16-27-20-21(24)25-15-26-22(20)28/h2-11,15-16,19,23H,12-14H2,1H3,(H2,24,25,26). The van der Waals surface area contributed by atoms with Crippen molar-refractivity contribution in [3.05, 3.63) is 84.4 Å². The quantitative estimate of drug-likeness (QED) is 0.394. The first-order valence-electron chi connectivity index (χ1n) is 9.99. The number of nitrogen functional groups attached to an aromatic ring is 1. The molecule has 0 amide bonds. The highest BCUT2D eigenvalue weighted by molar-refractivity contribution is 5.81. The van der Waals surface area contributed by atoms with Gasteiger partial charge in [0.25, 0.3) is 0 Å². The summed E-state index contributed by atoms with van der Waals surface area (Å²) >= 11 is 0. The van der Waals surface area contributed by atoms with Crippen LogP contribution in [0.4, 0.5) is 5.82 Å². The molecule has 0 aliphatic heterocycles. The maximum Gasteiger partial charge on any atom is 0.180 e. The summed E-state index contributed by atoms with van der Waals surface area (Å²) in [6, 6.07) is 19.6. The van der Waals surface area contributed by atoms with Crippen LogP contribution < -0.4 is 5.73 Å². The molecule has 2 aromatic carbocycles. The second-order valence-corrected chi connectivity index (χ2v) is 7.05. The van der Waals surface area contributed by atoms with Crippen LogP contribution in [0.25, 0.3) is 11.2 Å². The monoisotopic (exact) mass is 419 g/mol. The summed E-state index contributed by atoms with van der Waals surface area (Å²) in [6.45, 7) is 1.20. The van der Waals surface area contributed by atoms with Gasteiger partial charge in [0.1, 0.15) is 17.9 Å². The van der Waals surface area contributed by atoms with Crippen molar-refractivity contribution < 1.29 is 14.2 Å². The first kappa shape index (κ1) is 20.9. The Morgan fingerprint density at radius 3 is 2.26 bits per heavy atom. The van der Waals surface area contributed by atoms with Gasteiger partial charge in [-0.15, -0.1) is 0 Å². The van der Waals surface area contributed by atoms with Gasteiger partial charge in [0.2, 0.25) is 0 Å². The molecule has 4 rings (SSSR count). The van der Waals surface area contributed by atoms with Crippen molar-refractivity contribution in [2.24, 2.45) is 0 Å². The lowest BCUT2D eigenvalue weighted by atomic mass is 10.2. The van der Waals surface area contributed by atoms with Gasteiger partial charge in [-0.05, 0) is 11.1 Å². The van der Waals surface area contributed by atoms with Crippen molar-refractivity contribution in [3.63, 3.8) is 0 Å². The zero-order valence-electron chi connectivity index (χ0n) is 17.3. The number of fused-ring (bicyclic) bond motifs is 1. The molecule has 0 fully saturated rings. The fourth-order valence-corrected chi connectivity index (χ4v) is 3.36. The number of anilines is 1. The van der Waals surface area contributed by atoms with Crippen LogP contribution in [0.2, 0.25) is 0 Å². The molecule has 2 N–H and O–H groups in total. The van der Waals surface area contributed by atoms with Crippen molar-refractivity contribution in [3.8, 4) is 0 Å². The van der Waals surface area contributed by atoms with E-state index in [9.17, 15) is 0 Å². The zero-order chi connectivity index (χ0) is 21.5. The van der Waals surface area contributed by atoms with Crippen LogP contribution in [0.5, 0.6) is 0 Å². The molecule has 2 atom stereocenters. The SMILES string of the molecule is COC(OCc1ccccc1)C(COCc1ccccc1)n1cnc2c(N)ncnc21. The normalized spacial score (nSPS) is 13.3. The van der Waals surface area contributed by atoms with Crippen molar-refractivity contribution in [2.45, 2.75) is 25.5 Å². The Morgan fingerprint density at radius 2 is 1.58 bits per heavy atom. The van der Waals surface area contributed by atoms with Crippen LogP contribution in [0.3, 0.4) is 0 Å². The smallest absolute Gasteiger partial charge is 0.180 e. The number of rotatable bonds is 10. The molecule has 0 aliphatic carbocycles. The van der Waals surface area contributed by atoms with E-state index in [4.69, 9.17) is 19.9 Å². The number of ether oxygens (including phenoxy) is 3. The number of hydrogen-bond acceptors (Lipinski definition) is 7. The van der Waals surface area contributed by atoms with E-state index in [1.54, 1.807) is 13.4 Å². The molecule has 0 saturated carbocycles. The Labute approximate surface area is 180 Å². The predicted octanol–water partition coefficient (Wildman–Crippen LogP) is 3.36. The maximum absolute atomic E-state index is 6.12. The van der Waals surface area contributed by atoms with Gasteiger partial charge in [0.05, 0.1) is 26.1 Å². The van der Waals surface area contributed by atoms with Crippen molar-refractivity contribution in [1.82, 2.24) is 19.5 Å². The van der Waals surface area contributed by atoms with Crippen molar-refractivity contribution in [2.75, 3.05) is 19.5 Å². The molecule has 8 nitrogen and oxygen atoms in total. The number of aromatic nitrogens is 4. The molecule has 4 aromatic rings. The summed E-state index contributed by atoms with van der Waals surface area (Å²) in [7, 11) is 1.61. The molecule has 2 unspecified atom stereocenters. The molecule has 2 aromatic heterocycles. The van der Waals surface area contributed by atoms with E-state index in [2.05, 4.69) is 15.0 Å². The second-order valence-electron chi connectivity index (χ2n) is 7.05. The Bertz CT molecular complexity index is 1090. The summed E-state index contributed by atoms with van der Waals surface area (Å²) in [5, 5.41) is 0. The van der Waals surface area contributed by atoms with Crippen LogP contribution in [-0.4, -0.2) is 39.5 Å². The number of nitrogens with two attached hydrogens (primary N) is 1. The molecule has 2 heterocycles. The minimum Gasteiger partial charge on any atom is -0.382 e. The van der Waals surface area contributed by atoms with E-state index >= 15 is 0 Å². The molecule has 0 saturated heterocycles. The molecule has 0 aliphatic rings. The third kappa shape index (κ3) is 5.05. The van der Waals surface area contributed by atoms with Gasteiger partial charge in [-0.3, -0.25) is 0 Å². The first-order chi connectivity index (χ1) is 15.3. The van der Waals surface area contributed by atoms with E-state index in [1.807, 2.05) is 65.2 Å². The van der Waals surface area contributed by atoms with E-state index in [1.165, 1.54) is 6.33 Å². The van der Waals surface area contributed by atoms with Crippen LogP contribution in [0, 0.1) is 0 Å². The number of imidazole rings is 1. The molecule has 8 heteroatoms. The van der Waals surface area contributed by atoms with Crippen LogP contribution in [0.1, 0.15) is 17.2 Å². The lowest BCUT2D eigenvalue weighted by Crippen LogP contribution is -2.32. The van der Waals surface area contributed by atoms with E-state index in [0.29, 0.717) is 36.8 Å². The van der Waals surface area contributed by atoms with Crippen LogP contribution >= 0.6 is 0 Å². The summed E-state index contributed by atoms with van der Waals surface area (Å²) in [5.41, 5.74) is 9.24. The predicted molar refractivity (Wildman–Crippen MR) is 117 cm³/mol. The number of methoxy groups -OCH3 is 1. The summed E-state index contributed by atoms with van der Waals surface area (Å²) in [4.78, 5) is 12.8. The lowest BCUT2D eigenvalue weighted by Gasteiger charge is -2.27. The molecule has 160 valence electrons. The second kappa shape index (κ2) is 10.1. The summed E-state index contributed by atoms with van der Waals surface area (Å²) in [5.74, 6) is 0.326. The third-order valence-corrected chi connectivity index (χ3v) is 4.95. The lowest BCUT2D eigenvalue weighted by molar-refractivity contribution is -0.168. The zero-order valence-corrected chi connectivity index (χ0v) is 17.3. The average Bonchev–Trinajstić information content (AvgIpc) is 3.25. The maximum atomic E-state index is 6.12. The minimum atomic E-state index is -0.593. The Morgan fingerprint density at radius 1 is 0.903 bits per heavy atom. The Hall–Kier alpha value is -3.33. The van der Waals surface area contributed by atoms with Crippen molar-refractivity contribution >= 4 is 17.0 Å². The fraction of sp³-hybridized carbons (Fsp3) is 0.261. The highest BCUT2D eigenvalue weighted by Gasteiger charge is 2.27. The van der Waals surface area contributed by atoms with Gasteiger partial charge < -0.3 is 24.5 Å². The highest BCUT2D eigenvalue weighted by Crippen LogP contribution is 2.24. The molecule has 0 radical (unpaired) electrons. The van der Waals surface area contributed by atoms with Crippen LogP contribution in [0.15, 0.2) is 73.3 Å². The molecular formula is C23H25N5O3. The van der Waals surface area contributed by atoms with E-state index < -0.39 is 6.29 Å². The van der Waals surface area contributed by atoms with Crippen LogP contribution in [-0.2, 0) is 27.4 Å². The topological polar surface area (TPSA) is 97.3 Å². The average molecular weight is 419 g/mol. The molecule has 0 bridgehead atoms. The molecule has 0 spiro atoms. The number of hydrogen-bond donors (Lipinski definition) is 1. The van der Waals surface area contributed by atoms with Gasteiger partial charge in [0, 0.05) is 7.11 Å². The molecule has 31 heavy (non-hydrogen) atoms. The van der Waals surface area contributed by atoms with Gasteiger partial charge in [-0.1, -0.05) is 60.7 Å².